The summed E-state index contributed by atoms with van der Waals surface area (Å²) >= 11 is 0. The maximum Gasteiger partial charge on any atom is 0.250 e. The summed E-state index contributed by atoms with van der Waals surface area (Å²) in [6.07, 6.45) is 2.96. The number of hydrogen-bond acceptors (Lipinski definition) is 3. The van der Waals surface area contributed by atoms with Crippen molar-refractivity contribution in [2.24, 2.45) is 0 Å². The summed E-state index contributed by atoms with van der Waals surface area (Å²) in [7, 11) is 0. The second-order valence-electron chi connectivity index (χ2n) is 6.26. The van der Waals surface area contributed by atoms with Crippen LogP contribution in [0.25, 0.3) is 0 Å². The third-order valence-corrected chi connectivity index (χ3v) is 4.30. The summed E-state index contributed by atoms with van der Waals surface area (Å²) in [6.45, 7) is -0.429. The molecular weight excluding hydrogens is 335 g/mol. The van der Waals surface area contributed by atoms with E-state index in [9.17, 15) is 14.0 Å². The molecule has 2 amide bonds. The molecule has 0 heterocycles. The molecule has 0 aliphatic heterocycles. The fourth-order valence-electron chi connectivity index (χ4n) is 3.11. The van der Waals surface area contributed by atoms with Gasteiger partial charge in [-0.25, -0.2) is 4.39 Å². The smallest absolute Gasteiger partial charge is 0.250 e. The molecule has 1 atom stereocenters. The molecular formula is C20H21FN2O3. The molecule has 0 radical (unpaired) electrons. The van der Waals surface area contributed by atoms with E-state index in [0.717, 1.165) is 24.8 Å². The molecule has 0 unspecified atom stereocenters. The fourth-order valence-corrected chi connectivity index (χ4v) is 3.11. The molecule has 0 saturated heterocycles. The Balaban J connectivity index is 1.42. The number of hydrogen-bond donors (Lipinski definition) is 2. The van der Waals surface area contributed by atoms with Crippen LogP contribution >= 0.6 is 0 Å². The van der Waals surface area contributed by atoms with Gasteiger partial charge in [0.1, 0.15) is 19.0 Å². The predicted octanol–water partition coefficient (Wildman–Crippen LogP) is 2.97. The van der Waals surface area contributed by atoms with E-state index < -0.39 is 5.91 Å². The summed E-state index contributed by atoms with van der Waals surface area (Å²) in [5.41, 5.74) is 2.90. The van der Waals surface area contributed by atoms with Crippen molar-refractivity contribution in [3.63, 3.8) is 0 Å². The average Bonchev–Trinajstić information content (AvgIpc) is 2.64. The molecule has 0 fully saturated rings. The lowest BCUT2D eigenvalue weighted by Gasteiger charge is -2.26. The minimum Gasteiger partial charge on any atom is -0.362 e. The van der Waals surface area contributed by atoms with Gasteiger partial charge in [-0.3, -0.25) is 9.59 Å². The van der Waals surface area contributed by atoms with Crippen molar-refractivity contribution >= 4 is 17.5 Å². The number of anilines is 1. The van der Waals surface area contributed by atoms with Crippen molar-refractivity contribution in [3.8, 4) is 0 Å². The van der Waals surface area contributed by atoms with Crippen LogP contribution in [0, 0.1) is 5.82 Å². The zero-order chi connectivity index (χ0) is 18.4. The fraction of sp³-hybridized carbons (Fsp3) is 0.300. The van der Waals surface area contributed by atoms with Crippen molar-refractivity contribution in [1.82, 2.24) is 5.32 Å². The number of carbonyl (C=O) groups is 2. The molecule has 0 bridgehead atoms. The lowest BCUT2D eigenvalue weighted by molar-refractivity contribution is -0.129. The normalized spacial score (nSPS) is 15.8. The van der Waals surface area contributed by atoms with Gasteiger partial charge >= 0.3 is 0 Å². The third-order valence-electron chi connectivity index (χ3n) is 4.30. The number of nitrogens with one attached hydrogen (secondary N) is 2. The highest BCUT2D eigenvalue weighted by atomic mass is 19.1. The number of ether oxygens (including phenoxy) is 1. The van der Waals surface area contributed by atoms with Crippen LogP contribution in [-0.2, 0) is 20.7 Å². The van der Waals surface area contributed by atoms with E-state index >= 15 is 0 Å². The van der Waals surface area contributed by atoms with E-state index in [1.165, 1.54) is 29.8 Å². The van der Waals surface area contributed by atoms with Gasteiger partial charge in [-0.2, -0.15) is 0 Å². The van der Waals surface area contributed by atoms with Gasteiger partial charge in [0.15, 0.2) is 0 Å². The molecule has 5 nitrogen and oxygen atoms in total. The number of aryl methyl sites for hydroxylation is 1. The SMILES string of the molecule is O=C(COCC(=O)N[C@@H]1CCCc2ccccc21)Nc1ccc(F)cc1. The molecule has 1 aliphatic carbocycles. The molecule has 136 valence electrons. The van der Waals surface area contributed by atoms with Crippen molar-refractivity contribution < 1.29 is 18.7 Å². The molecule has 6 heteroatoms. The summed E-state index contributed by atoms with van der Waals surface area (Å²) in [5, 5.41) is 5.54. The highest BCUT2D eigenvalue weighted by molar-refractivity contribution is 5.91. The number of fused-ring (bicyclic) bond motifs is 1. The molecule has 2 aromatic carbocycles. The zero-order valence-corrected chi connectivity index (χ0v) is 14.3. The van der Waals surface area contributed by atoms with Gasteiger partial charge in [0.05, 0.1) is 6.04 Å². The monoisotopic (exact) mass is 356 g/mol. The van der Waals surface area contributed by atoms with Gasteiger partial charge in [-0.1, -0.05) is 24.3 Å². The van der Waals surface area contributed by atoms with Gasteiger partial charge in [-0.15, -0.1) is 0 Å². The van der Waals surface area contributed by atoms with Crippen LogP contribution in [0.15, 0.2) is 48.5 Å². The van der Waals surface area contributed by atoms with Crippen LogP contribution in [0.3, 0.4) is 0 Å². The number of rotatable bonds is 6. The van der Waals surface area contributed by atoms with Crippen molar-refractivity contribution in [1.29, 1.82) is 0 Å². The Hall–Kier alpha value is -2.73. The van der Waals surface area contributed by atoms with E-state index in [2.05, 4.69) is 16.7 Å². The molecule has 2 N–H and O–H groups in total. The van der Waals surface area contributed by atoms with Crippen LogP contribution in [0.5, 0.6) is 0 Å². The highest BCUT2D eigenvalue weighted by Gasteiger charge is 2.21. The van der Waals surface area contributed by atoms with Gasteiger partial charge in [0, 0.05) is 5.69 Å². The number of benzene rings is 2. The Morgan fingerprint density at radius 2 is 1.77 bits per heavy atom. The maximum absolute atomic E-state index is 12.8. The van der Waals surface area contributed by atoms with Crippen LogP contribution in [0.4, 0.5) is 10.1 Å². The van der Waals surface area contributed by atoms with Crippen LogP contribution in [0.2, 0.25) is 0 Å². The van der Waals surface area contributed by atoms with E-state index in [1.54, 1.807) is 0 Å². The zero-order valence-electron chi connectivity index (χ0n) is 14.3. The van der Waals surface area contributed by atoms with E-state index in [1.807, 2.05) is 18.2 Å². The van der Waals surface area contributed by atoms with E-state index in [-0.39, 0.29) is 31.0 Å². The van der Waals surface area contributed by atoms with Gasteiger partial charge in [0.25, 0.3) is 0 Å². The molecule has 3 rings (SSSR count). The second-order valence-corrected chi connectivity index (χ2v) is 6.26. The van der Waals surface area contributed by atoms with E-state index in [4.69, 9.17) is 4.74 Å². The predicted molar refractivity (Wildman–Crippen MR) is 96.1 cm³/mol. The lowest BCUT2D eigenvalue weighted by Crippen LogP contribution is -2.34. The molecule has 1 aliphatic rings. The van der Waals surface area contributed by atoms with Crippen LogP contribution in [-0.4, -0.2) is 25.0 Å². The van der Waals surface area contributed by atoms with Crippen LogP contribution < -0.4 is 10.6 Å². The Bertz CT molecular complexity index is 777. The highest BCUT2D eigenvalue weighted by Crippen LogP contribution is 2.29. The first-order chi connectivity index (χ1) is 12.6. The van der Waals surface area contributed by atoms with Gasteiger partial charge in [-0.05, 0) is 54.7 Å². The van der Waals surface area contributed by atoms with Gasteiger partial charge < -0.3 is 15.4 Å². The number of halogens is 1. The summed E-state index contributed by atoms with van der Waals surface area (Å²) in [6, 6.07) is 13.5. The Morgan fingerprint density at radius 1 is 1.04 bits per heavy atom. The molecule has 0 saturated carbocycles. The topological polar surface area (TPSA) is 67.4 Å². The maximum atomic E-state index is 12.8. The lowest BCUT2D eigenvalue weighted by atomic mass is 9.88. The minimum absolute atomic E-state index is 0.0101. The van der Waals surface area contributed by atoms with Crippen LogP contribution in [0.1, 0.15) is 30.0 Å². The van der Waals surface area contributed by atoms with Crippen molar-refractivity contribution in [2.75, 3.05) is 18.5 Å². The Kier molecular flexibility index (Phi) is 5.96. The average molecular weight is 356 g/mol. The molecule has 2 aromatic rings. The third kappa shape index (κ3) is 4.89. The Labute approximate surface area is 151 Å². The Morgan fingerprint density at radius 3 is 2.58 bits per heavy atom. The molecule has 0 aromatic heterocycles. The second kappa shape index (κ2) is 8.58. The van der Waals surface area contributed by atoms with E-state index in [0.29, 0.717) is 5.69 Å². The minimum atomic E-state index is -0.396. The largest absolute Gasteiger partial charge is 0.362 e. The molecule has 26 heavy (non-hydrogen) atoms. The first-order valence-corrected chi connectivity index (χ1v) is 8.62. The number of amides is 2. The number of carbonyl (C=O) groups excluding carboxylic acids is 2. The molecule has 0 spiro atoms. The van der Waals surface area contributed by atoms with Gasteiger partial charge in [0.2, 0.25) is 11.8 Å². The first-order valence-electron chi connectivity index (χ1n) is 8.62. The van der Waals surface area contributed by atoms with Crippen molar-refractivity contribution in [3.05, 3.63) is 65.5 Å². The summed E-state index contributed by atoms with van der Waals surface area (Å²) < 4.78 is 18.0. The first kappa shape index (κ1) is 18.1. The standard InChI is InChI=1S/C20H21FN2O3/c21-15-8-10-16(11-9-15)22-19(24)12-26-13-20(25)23-18-7-3-5-14-4-1-2-6-17(14)18/h1-2,4,6,8-11,18H,3,5,7,12-13H2,(H,22,24)(H,23,25)/t18-/m1/s1. The summed E-state index contributed by atoms with van der Waals surface area (Å²) in [4.78, 5) is 23.9. The quantitative estimate of drug-likeness (QED) is 0.836. The summed E-state index contributed by atoms with van der Waals surface area (Å²) in [5.74, 6) is -1.02. The van der Waals surface area contributed by atoms with Crippen molar-refractivity contribution in [2.45, 2.75) is 25.3 Å².